The zero-order valence-electron chi connectivity index (χ0n) is 20.0. The lowest BCUT2D eigenvalue weighted by atomic mass is 9.91. The van der Waals surface area contributed by atoms with Gasteiger partial charge >= 0.3 is 5.69 Å². The van der Waals surface area contributed by atoms with Gasteiger partial charge in [0.15, 0.2) is 0 Å². The Morgan fingerprint density at radius 1 is 1.15 bits per heavy atom. The number of aromatic nitrogens is 2. The van der Waals surface area contributed by atoms with E-state index in [1.54, 1.807) is 29.2 Å². The summed E-state index contributed by atoms with van der Waals surface area (Å²) in [4.78, 5) is 55.8. The number of aryl methyl sites for hydroxylation is 1. The van der Waals surface area contributed by atoms with E-state index < -0.39 is 11.2 Å². The van der Waals surface area contributed by atoms with Gasteiger partial charge in [-0.05, 0) is 44.5 Å². The van der Waals surface area contributed by atoms with Crippen molar-refractivity contribution in [2.45, 2.75) is 39.7 Å². The van der Waals surface area contributed by atoms with Crippen molar-refractivity contribution >= 4 is 22.7 Å². The van der Waals surface area contributed by atoms with E-state index in [4.69, 9.17) is 0 Å². The van der Waals surface area contributed by atoms with Crippen LogP contribution in [-0.2, 0) is 16.1 Å². The molecule has 1 saturated heterocycles. The molecule has 1 aromatic heterocycles. The van der Waals surface area contributed by atoms with Crippen LogP contribution in [0.4, 0.5) is 0 Å². The van der Waals surface area contributed by atoms with Crippen LogP contribution in [0.25, 0.3) is 10.9 Å². The van der Waals surface area contributed by atoms with Crippen LogP contribution in [0, 0.1) is 11.3 Å². The Hall–Kier alpha value is -2.94. The first-order valence-electron chi connectivity index (χ1n) is 11.5. The lowest BCUT2D eigenvalue weighted by Crippen LogP contribution is -2.46. The number of hydrogen-bond donors (Lipinski definition) is 2. The minimum Gasteiger partial charge on any atom is -0.355 e. The zero-order valence-corrected chi connectivity index (χ0v) is 20.0. The Morgan fingerprint density at radius 3 is 2.48 bits per heavy atom. The summed E-state index contributed by atoms with van der Waals surface area (Å²) in [5.41, 5.74) is -0.436. The number of carbonyl (C=O) groups is 2. The molecule has 1 aliphatic rings. The first-order chi connectivity index (χ1) is 15.6. The van der Waals surface area contributed by atoms with Gasteiger partial charge < -0.3 is 15.1 Å². The van der Waals surface area contributed by atoms with Crippen LogP contribution in [0.1, 0.15) is 33.1 Å². The smallest absolute Gasteiger partial charge is 0.328 e. The second-order valence-electron chi connectivity index (χ2n) is 9.95. The van der Waals surface area contributed by atoms with Gasteiger partial charge in [0, 0.05) is 45.1 Å². The van der Waals surface area contributed by atoms with Crippen LogP contribution in [0.3, 0.4) is 0 Å². The van der Waals surface area contributed by atoms with Crippen molar-refractivity contribution in [3.8, 4) is 0 Å². The number of nitrogens with one attached hydrogen (secondary N) is 2. The second kappa shape index (κ2) is 10.3. The molecule has 0 aliphatic carbocycles. The molecule has 180 valence electrons. The molecule has 2 heterocycles. The van der Waals surface area contributed by atoms with Crippen molar-refractivity contribution in [1.82, 2.24) is 24.7 Å². The number of rotatable bonds is 8. The second-order valence-corrected chi connectivity index (χ2v) is 9.95. The molecule has 0 saturated carbocycles. The molecule has 0 radical (unpaired) electrons. The number of para-hydroxylation sites is 1. The monoisotopic (exact) mass is 457 g/mol. The van der Waals surface area contributed by atoms with E-state index in [1.807, 2.05) is 14.1 Å². The summed E-state index contributed by atoms with van der Waals surface area (Å²) >= 11 is 0. The lowest BCUT2D eigenvalue weighted by Gasteiger charge is -2.33. The first-order valence-corrected chi connectivity index (χ1v) is 11.5. The molecule has 2 aromatic rings. The average Bonchev–Trinajstić information content (AvgIpc) is 2.76. The Balaban J connectivity index is 1.51. The van der Waals surface area contributed by atoms with E-state index in [0.717, 1.165) is 6.54 Å². The maximum Gasteiger partial charge on any atom is 0.328 e. The number of H-pyrrole nitrogens is 1. The molecule has 1 aromatic carbocycles. The largest absolute Gasteiger partial charge is 0.355 e. The van der Waals surface area contributed by atoms with E-state index in [1.165, 1.54) is 4.57 Å². The molecule has 2 amide bonds. The predicted molar refractivity (Wildman–Crippen MR) is 128 cm³/mol. The Labute approximate surface area is 193 Å². The van der Waals surface area contributed by atoms with E-state index in [9.17, 15) is 19.2 Å². The topological polar surface area (TPSA) is 108 Å². The van der Waals surface area contributed by atoms with Crippen LogP contribution < -0.4 is 16.6 Å². The molecule has 1 aliphatic heterocycles. The van der Waals surface area contributed by atoms with E-state index in [2.05, 4.69) is 29.0 Å². The molecule has 33 heavy (non-hydrogen) atoms. The fourth-order valence-corrected chi connectivity index (χ4v) is 4.60. The van der Waals surface area contributed by atoms with E-state index in [-0.39, 0.29) is 36.1 Å². The molecular formula is C24H35N5O4. The summed E-state index contributed by atoms with van der Waals surface area (Å²) in [6, 6.07) is 6.86. The van der Waals surface area contributed by atoms with Gasteiger partial charge in [-0.15, -0.1) is 0 Å². The quantitative estimate of drug-likeness (QED) is 0.616. The van der Waals surface area contributed by atoms with Crippen molar-refractivity contribution in [2.75, 3.05) is 40.3 Å². The van der Waals surface area contributed by atoms with Gasteiger partial charge in [0.2, 0.25) is 11.8 Å². The number of aromatic amines is 1. The van der Waals surface area contributed by atoms with E-state index >= 15 is 0 Å². The minimum absolute atomic E-state index is 0.0141. The molecule has 9 heteroatoms. The minimum atomic E-state index is -0.515. The zero-order chi connectivity index (χ0) is 24.2. The maximum absolute atomic E-state index is 12.8. The Bertz CT molecular complexity index is 1110. The number of piperidine rings is 1. The van der Waals surface area contributed by atoms with Gasteiger partial charge in [-0.25, -0.2) is 4.79 Å². The third-order valence-electron chi connectivity index (χ3n) is 6.16. The highest BCUT2D eigenvalue weighted by Gasteiger charge is 2.28. The molecule has 9 nitrogen and oxygen atoms in total. The van der Waals surface area contributed by atoms with Gasteiger partial charge in [-0.3, -0.25) is 23.9 Å². The van der Waals surface area contributed by atoms with Crippen LogP contribution in [0.5, 0.6) is 0 Å². The third-order valence-corrected chi connectivity index (χ3v) is 6.16. The number of amides is 2. The molecule has 1 fully saturated rings. The number of fused-ring (bicyclic) bond motifs is 1. The molecule has 0 bridgehead atoms. The summed E-state index contributed by atoms with van der Waals surface area (Å²) in [7, 11) is 4.04. The van der Waals surface area contributed by atoms with Crippen LogP contribution in [-0.4, -0.2) is 71.4 Å². The van der Waals surface area contributed by atoms with Crippen molar-refractivity contribution < 1.29 is 9.59 Å². The molecular weight excluding hydrogens is 422 g/mol. The summed E-state index contributed by atoms with van der Waals surface area (Å²) < 4.78 is 1.43. The summed E-state index contributed by atoms with van der Waals surface area (Å²) in [6.45, 7) is 7.00. The van der Waals surface area contributed by atoms with Crippen molar-refractivity contribution in [1.29, 1.82) is 0 Å². The Kier molecular flexibility index (Phi) is 7.73. The average molecular weight is 458 g/mol. The predicted octanol–water partition coefficient (Wildman–Crippen LogP) is 1.02. The third kappa shape index (κ3) is 6.31. The fraction of sp³-hybridized carbons (Fsp3) is 0.583. The summed E-state index contributed by atoms with van der Waals surface area (Å²) in [5, 5.41) is 3.50. The molecule has 0 atom stereocenters. The number of nitrogens with zero attached hydrogens (tertiary/aromatic N) is 3. The fourth-order valence-electron chi connectivity index (χ4n) is 4.60. The number of likely N-dealkylation sites (tertiary alicyclic amines) is 1. The molecule has 0 spiro atoms. The standard InChI is InChI=1S/C24H35N5O4/c1-24(2,16-27(3)4)15-25-21(31)17-9-12-28(13-10-17)20(30)11-14-29-19-8-6-5-7-18(19)22(32)26-23(29)33/h5-8,17H,9-16H2,1-4H3,(H,25,31)(H,26,32,33). The Morgan fingerprint density at radius 2 is 1.82 bits per heavy atom. The van der Waals surface area contributed by atoms with Crippen molar-refractivity contribution in [2.24, 2.45) is 11.3 Å². The maximum atomic E-state index is 12.8. The van der Waals surface area contributed by atoms with Crippen LogP contribution in [0.2, 0.25) is 0 Å². The summed E-state index contributed by atoms with van der Waals surface area (Å²) in [6.07, 6.45) is 1.42. The van der Waals surface area contributed by atoms with Gasteiger partial charge in [-0.2, -0.15) is 0 Å². The number of hydrogen-bond acceptors (Lipinski definition) is 5. The summed E-state index contributed by atoms with van der Waals surface area (Å²) in [5.74, 6) is -0.0849. The van der Waals surface area contributed by atoms with Crippen LogP contribution in [0.15, 0.2) is 33.9 Å². The normalized spacial score (nSPS) is 15.2. The van der Waals surface area contributed by atoms with Crippen LogP contribution >= 0.6 is 0 Å². The van der Waals surface area contributed by atoms with Gasteiger partial charge in [0.25, 0.3) is 5.56 Å². The number of carbonyl (C=O) groups excluding carboxylic acids is 2. The SMILES string of the molecule is CN(C)CC(C)(C)CNC(=O)C1CCN(C(=O)CCn2c(=O)[nH]c(=O)c3ccccc32)CC1. The van der Waals surface area contributed by atoms with Gasteiger partial charge in [0.05, 0.1) is 10.9 Å². The van der Waals surface area contributed by atoms with Gasteiger partial charge in [0.1, 0.15) is 0 Å². The first kappa shape index (κ1) is 24.7. The lowest BCUT2D eigenvalue weighted by molar-refractivity contribution is -0.135. The molecule has 3 rings (SSSR count). The van der Waals surface area contributed by atoms with E-state index in [0.29, 0.717) is 43.4 Å². The van der Waals surface area contributed by atoms with Crippen molar-refractivity contribution in [3.05, 3.63) is 45.1 Å². The highest BCUT2D eigenvalue weighted by molar-refractivity contribution is 5.80. The highest BCUT2D eigenvalue weighted by atomic mass is 16.2. The van der Waals surface area contributed by atoms with Crippen molar-refractivity contribution in [3.63, 3.8) is 0 Å². The highest BCUT2D eigenvalue weighted by Crippen LogP contribution is 2.20. The molecule has 0 unspecified atom stereocenters. The molecule has 2 N–H and O–H groups in total. The number of benzene rings is 1. The van der Waals surface area contributed by atoms with Gasteiger partial charge in [-0.1, -0.05) is 26.0 Å².